The van der Waals surface area contributed by atoms with Crippen molar-refractivity contribution >= 4 is 29.3 Å². The number of aromatic nitrogens is 2. The van der Waals surface area contributed by atoms with E-state index in [-0.39, 0.29) is 36.5 Å². The number of carbonyl (C=O) groups is 2. The van der Waals surface area contributed by atoms with E-state index in [9.17, 15) is 27.9 Å². The lowest BCUT2D eigenvalue weighted by Gasteiger charge is -2.13. The third-order valence-corrected chi connectivity index (χ3v) is 4.63. The number of alkyl halides is 3. The molecule has 0 saturated heterocycles. The van der Waals surface area contributed by atoms with Gasteiger partial charge in [0.25, 0.3) is 0 Å². The summed E-state index contributed by atoms with van der Waals surface area (Å²) in [7, 11) is 0. The van der Waals surface area contributed by atoms with E-state index in [0.29, 0.717) is 10.9 Å². The minimum absolute atomic E-state index is 0.0470. The maximum atomic E-state index is 12.6. The molecule has 0 saturated carbocycles. The lowest BCUT2D eigenvalue weighted by molar-refractivity contribution is -0.137. The van der Waals surface area contributed by atoms with E-state index in [1.54, 1.807) is 0 Å². The van der Waals surface area contributed by atoms with Crippen LogP contribution in [0.5, 0.6) is 0 Å². The van der Waals surface area contributed by atoms with E-state index in [0.717, 1.165) is 23.9 Å². The lowest BCUT2D eigenvalue weighted by atomic mass is 10.2. The Morgan fingerprint density at radius 1 is 1.21 bits per heavy atom. The first kappa shape index (κ1) is 22.8. The van der Waals surface area contributed by atoms with Gasteiger partial charge in [0.1, 0.15) is 6.54 Å². The summed E-state index contributed by atoms with van der Waals surface area (Å²) in [5, 5.41) is 15.0. The van der Waals surface area contributed by atoms with Gasteiger partial charge in [-0.2, -0.15) is 13.2 Å². The SMILES string of the molecule is CC(C)NC(=O)Cn1c(CO)cnc1SCC(=O)Nc1ccc(C(F)(F)F)cc1. The smallest absolute Gasteiger partial charge is 0.390 e. The lowest BCUT2D eigenvalue weighted by Crippen LogP contribution is -2.33. The van der Waals surface area contributed by atoms with Crippen LogP contribution in [0.2, 0.25) is 0 Å². The van der Waals surface area contributed by atoms with E-state index in [1.807, 2.05) is 13.8 Å². The van der Waals surface area contributed by atoms with Crippen molar-refractivity contribution in [3.05, 3.63) is 41.7 Å². The standard InChI is InChI=1S/C18H21F3N4O3S/c1-11(2)23-15(27)8-25-14(9-26)7-22-17(25)29-10-16(28)24-13-5-3-12(4-6-13)18(19,20)21/h3-7,11,26H,8-10H2,1-2H3,(H,23,27)(H,24,28). The highest BCUT2D eigenvalue weighted by Gasteiger charge is 2.30. The van der Waals surface area contributed by atoms with E-state index in [1.165, 1.54) is 22.9 Å². The van der Waals surface area contributed by atoms with Gasteiger partial charge in [-0.3, -0.25) is 9.59 Å². The molecular weight excluding hydrogens is 409 g/mol. The molecule has 2 amide bonds. The first-order valence-corrected chi connectivity index (χ1v) is 9.63. The topological polar surface area (TPSA) is 96.2 Å². The summed E-state index contributed by atoms with van der Waals surface area (Å²) in [6, 6.07) is 4.07. The molecule has 1 aromatic carbocycles. The van der Waals surface area contributed by atoms with E-state index < -0.39 is 17.6 Å². The molecule has 3 N–H and O–H groups in total. The molecule has 0 fully saturated rings. The molecular formula is C18H21F3N4O3S. The molecule has 2 rings (SSSR count). The second-order valence-corrected chi connectivity index (χ2v) is 7.35. The number of halogens is 3. The number of benzene rings is 1. The quantitative estimate of drug-likeness (QED) is 0.560. The number of nitrogens with zero attached hydrogens (tertiary/aromatic N) is 2. The second kappa shape index (κ2) is 9.79. The number of hydrogen-bond donors (Lipinski definition) is 3. The fourth-order valence-electron chi connectivity index (χ4n) is 2.38. The van der Waals surface area contributed by atoms with Gasteiger partial charge in [-0.25, -0.2) is 4.98 Å². The van der Waals surface area contributed by atoms with Gasteiger partial charge in [0.05, 0.1) is 29.8 Å². The third-order valence-electron chi connectivity index (χ3n) is 3.64. The number of thioether (sulfide) groups is 1. The van der Waals surface area contributed by atoms with Gasteiger partial charge in [-0.15, -0.1) is 0 Å². The van der Waals surface area contributed by atoms with Crippen LogP contribution in [0.25, 0.3) is 0 Å². The van der Waals surface area contributed by atoms with Crippen molar-refractivity contribution in [2.45, 2.75) is 44.4 Å². The first-order chi connectivity index (χ1) is 13.6. The van der Waals surface area contributed by atoms with Gasteiger partial charge in [0, 0.05) is 11.7 Å². The summed E-state index contributed by atoms with van der Waals surface area (Å²) >= 11 is 1.05. The Kier molecular flexibility index (Phi) is 7.68. The molecule has 1 heterocycles. The third kappa shape index (κ3) is 6.79. The van der Waals surface area contributed by atoms with Gasteiger partial charge in [-0.1, -0.05) is 11.8 Å². The Morgan fingerprint density at radius 2 is 1.86 bits per heavy atom. The Hall–Kier alpha value is -2.53. The number of carbonyl (C=O) groups excluding carboxylic acids is 2. The maximum absolute atomic E-state index is 12.6. The summed E-state index contributed by atoms with van der Waals surface area (Å²) in [5.74, 6) is -0.778. The van der Waals surface area contributed by atoms with Crippen LogP contribution in [-0.4, -0.2) is 38.3 Å². The summed E-state index contributed by atoms with van der Waals surface area (Å²) < 4.78 is 39.2. The first-order valence-electron chi connectivity index (χ1n) is 8.64. The Bertz CT molecular complexity index is 851. The molecule has 11 heteroatoms. The molecule has 2 aromatic rings. The average molecular weight is 430 g/mol. The molecule has 1 aromatic heterocycles. The van der Waals surface area contributed by atoms with Gasteiger partial charge >= 0.3 is 6.18 Å². The predicted octanol–water partition coefficient (Wildman–Crippen LogP) is 2.65. The number of nitrogens with one attached hydrogen (secondary N) is 2. The molecule has 158 valence electrons. The zero-order valence-corrected chi connectivity index (χ0v) is 16.6. The minimum atomic E-state index is -4.44. The summed E-state index contributed by atoms with van der Waals surface area (Å²) in [6.07, 6.45) is -3.03. The molecule has 0 bridgehead atoms. The Labute approximate surface area is 169 Å². The molecule has 0 spiro atoms. The van der Waals surface area contributed by atoms with Crippen molar-refractivity contribution in [3.63, 3.8) is 0 Å². The van der Waals surface area contributed by atoms with Crippen molar-refractivity contribution in [1.82, 2.24) is 14.9 Å². The fourth-order valence-corrected chi connectivity index (χ4v) is 3.18. The van der Waals surface area contributed by atoms with E-state index in [2.05, 4.69) is 15.6 Å². The monoisotopic (exact) mass is 430 g/mol. The molecule has 0 unspecified atom stereocenters. The number of rotatable bonds is 8. The number of aliphatic hydroxyl groups is 1. The van der Waals surface area contributed by atoms with Crippen LogP contribution < -0.4 is 10.6 Å². The number of anilines is 1. The number of amides is 2. The van der Waals surface area contributed by atoms with Crippen LogP contribution in [-0.2, 0) is 28.9 Å². The Morgan fingerprint density at radius 3 is 2.41 bits per heavy atom. The highest BCUT2D eigenvalue weighted by Crippen LogP contribution is 2.29. The van der Waals surface area contributed by atoms with Crippen molar-refractivity contribution in [2.75, 3.05) is 11.1 Å². The van der Waals surface area contributed by atoms with Crippen LogP contribution in [0, 0.1) is 0 Å². The molecule has 0 aliphatic heterocycles. The second-order valence-electron chi connectivity index (χ2n) is 6.41. The van der Waals surface area contributed by atoms with Gasteiger partial charge in [0.15, 0.2) is 5.16 Å². The average Bonchev–Trinajstić information content (AvgIpc) is 3.00. The van der Waals surface area contributed by atoms with Crippen molar-refractivity contribution < 1.29 is 27.9 Å². The zero-order chi connectivity index (χ0) is 21.6. The van der Waals surface area contributed by atoms with Crippen LogP contribution in [0.4, 0.5) is 18.9 Å². The van der Waals surface area contributed by atoms with Gasteiger partial charge < -0.3 is 20.3 Å². The molecule has 0 radical (unpaired) electrons. The maximum Gasteiger partial charge on any atom is 0.416 e. The number of imidazole rings is 1. The molecule has 0 atom stereocenters. The summed E-state index contributed by atoms with van der Waals surface area (Å²) in [6.45, 7) is 3.26. The zero-order valence-electron chi connectivity index (χ0n) is 15.8. The van der Waals surface area contributed by atoms with Gasteiger partial charge in [-0.05, 0) is 38.1 Å². The minimum Gasteiger partial charge on any atom is -0.390 e. The summed E-state index contributed by atoms with van der Waals surface area (Å²) in [5.41, 5.74) is -0.142. The van der Waals surface area contributed by atoms with Crippen molar-refractivity contribution in [3.8, 4) is 0 Å². The molecule has 29 heavy (non-hydrogen) atoms. The highest BCUT2D eigenvalue weighted by molar-refractivity contribution is 7.99. The normalized spacial score (nSPS) is 11.6. The molecule has 7 nitrogen and oxygen atoms in total. The van der Waals surface area contributed by atoms with E-state index in [4.69, 9.17) is 0 Å². The van der Waals surface area contributed by atoms with Gasteiger partial charge in [0.2, 0.25) is 11.8 Å². The van der Waals surface area contributed by atoms with Crippen LogP contribution in [0.3, 0.4) is 0 Å². The summed E-state index contributed by atoms with van der Waals surface area (Å²) in [4.78, 5) is 28.2. The van der Waals surface area contributed by atoms with Crippen LogP contribution in [0.1, 0.15) is 25.1 Å². The van der Waals surface area contributed by atoms with Crippen LogP contribution in [0.15, 0.2) is 35.6 Å². The Balaban J connectivity index is 1.97. The largest absolute Gasteiger partial charge is 0.416 e. The highest BCUT2D eigenvalue weighted by atomic mass is 32.2. The predicted molar refractivity (Wildman–Crippen MR) is 102 cm³/mol. The number of aliphatic hydroxyl groups excluding tert-OH is 1. The molecule has 0 aliphatic carbocycles. The van der Waals surface area contributed by atoms with Crippen molar-refractivity contribution in [1.29, 1.82) is 0 Å². The fraction of sp³-hybridized carbons (Fsp3) is 0.389. The van der Waals surface area contributed by atoms with Crippen molar-refractivity contribution in [2.24, 2.45) is 0 Å². The number of hydrogen-bond acceptors (Lipinski definition) is 5. The van der Waals surface area contributed by atoms with E-state index >= 15 is 0 Å². The van der Waals surface area contributed by atoms with Crippen LogP contribution >= 0.6 is 11.8 Å². The molecule has 0 aliphatic rings.